The van der Waals surface area contributed by atoms with Gasteiger partial charge < -0.3 is 0 Å². The van der Waals surface area contributed by atoms with Crippen molar-refractivity contribution in [2.75, 3.05) is 0 Å². The topological polar surface area (TPSA) is 23.8 Å². The number of hydrogen-bond donors (Lipinski definition) is 1. The highest BCUT2D eigenvalue weighted by Crippen LogP contribution is 2.15. The van der Waals surface area contributed by atoms with Gasteiger partial charge in [0.25, 0.3) is 0 Å². The van der Waals surface area contributed by atoms with Crippen LogP contribution in [0.2, 0.25) is 5.02 Å². The first-order valence-corrected chi connectivity index (χ1v) is 4.07. The van der Waals surface area contributed by atoms with Gasteiger partial charge in [-0.2, -0.15) is 17.9 Å². The fourth-order valence-corrected chi connectivity index (χ4v) is 1.25. The van der Waals surface area contributed by atoms with Crippen LogP contribution in [0.25, 0.3) is 0 Å². The number of rotatable bonds is 1. The molecule has 1 aromatic carbocycles. The average molecular weight is 184 g/mol. The minimum absolute atomic E-state index is 0.585. The summed E-state index contributed by atoms with van der Waals surface area (Å²) < 4.78 is 0. The summed E-state index contributed by atoms with van der Waals surface area (Å²) in [5.74, 6) is 0.606. The summed E-state index contributed by atoms with van der Waals surface area (Å²) in [4.78, 5) is 0. The lowest BCUT2D eigenvalue weighted by Gasteiger charge is -1.96. The number of halogens is 1. The summed E-state index contributed by atoms with van der Waals surface area (Å²) in [6.07, 6.45) is 0. The third-order valence-electron chi connectivity index (χ3n) is 1.27. The van der Waals surface area contributed by atoms with Gasteiger partial charge in [0, 0.05) is 10.8 Å². The van der Waals surface area contributed by atoms with Gasteiger partial charge in [0.1, 0.15) is 0 Å². The zero-order valence-electron chi connectivity index (χ0n) is 5.71. The Labute approximate surface area is 76.0 Å². The number of benzene rings is 1. The standard InChI is InChI=1S/C8H6ClNS/c9-8-2-6(4-10)1-7(3-8)5-11/h1-3,11H,5H2. The molecule has 0 amide bonds. The minimum Gasteiger partial charge on any atom is -0.192 e. The van der Waals surface area contributed by atoms with Crippen molar-refractivity contribution in [3.05, 3.63) is 34.3 Å². The van der Waals surface area contributed by atoms with E-state index in [0.717, 1.165) is 5.56 Å². The van der Waals surface area contributed by atoms with E-state index in [1.165, 1.54) is 0 Å². The molecular weight excluding hydrogens is 178 g/mol. The zero-order chi connectivity index (χ0) is 8.27. The molecule has 0 fully saturated rings. The molecule has 0 radical (unpaired) electrons. The van der Waals surface area contributed by atoms with Crippen molar-refractivity contribution >= 4 is 24.2 Å². The lowest BCUT2D eigenvalue weighted by atomic mass is 10.1. The second kappa shape index (κ2) is 3.66. The van der Waals surface area contributed by atoms with Crippen molar-refractivity contribution in [3.63, 3.8) is 0 Å². The normalized spacial score (nSPS) is 9.18. The quantitative estimate of drug-likeness (QED) is 0.665. The van der Waals surface area contributed by atoms with Crippen LogP contribution in [0.5, 0.6) is 0 Å². The van der Waals surface area contributed by atoms with Crippen LogP contribution in [0.15, 0.2) is 18.2 Å². The third kappa shape index (κ3) is 2.14. The molecule has 11 heavy (non-hydrogen) atoms. The zero-order valence-corrected chi connectivity index (χ0v) is 7.36. The summed E-state index contributed by atoms with van der Waals surface area (Å²) in [5, 5.41) is 9.14. The van der Waals surface area contributed by atoms with Crippen molar-refractivity contribution in [2.45, 2.75) is 5.75 Å². The van der Waals surface area contributed by atoms with Crippen molar-refractivity contribution < 1.29 is 0 Å². The van der Waals surface area contributed by atoms with Crippen molar-refractivity contribution in [1.82, 2.24) is 0 Å². The lowest BCUT2D eigenvalue weighted by molar-refractivity contribution is 1.39. The second-order valence-electron chi connectivity index (χ2n) is 2.12. The monoisotopic (exact) mass is 183 g/mol. The fourth-order valence-electron chi connectivity index (χ4n) is 0.806. The maximum atomic E-state index is 8.55. The summed E-state index contributed by atoms with van der Waals surface area (Å²) in [5.41, 5.74) is 1.55. The molecule has 0 saturated heterocycles. The molecule has 0 aliphatic carbocycles. The van der Waals surface area contributed by atoms with Crippen LogP contribution in [0.1, 0.15) is 11.1 Å². The van der Waals surface area contributed by atoms with E-state index < -0.39 is 0 Å². The van der Waals surface area contributed by atoms with Gasteiger partial charge in [-0.05, 0) is 23.8 Å². The van der Waals surface area contributed by atoms with Crippen molar-refractivity contribution in [3.8, 4) is 6.07 Å². The molecule has 0 aliphatic heterocycles. The van der Waals surface area contributed by atoms with E-state index in [9.17, 15) is 0 Å². The Bertz CT molecular complexity index is 303. The molecule has 1 aromatic rings. The van der Waals surface area contributed by atoms with Gasteiger partial charge in [0.2, 0.25) is 0 Å². The van der Waals surface area contributed by atoms with Crippen LogP contribution in [0.4, 0.5) is 0 Å². The summed E-state index contributed by atoms with van der Waals surface area (Å²) in [6, 6.07) is 7.24. The van der Waals surface area contributed by atoms with Gasteiger partial charge in [-0.25, -0.2) is 0 Å². The highest BCUT2D eigenvalue weighted by Gasteiger charge is 1.96. The number of nitrogens with zero attached hydrogens (tertiary/aromatic N) is 1. The molecule has 56 valence electrons. The summed E-state index contributed by atoms with van der Waals surface area (Å²) in [6.45, 7) is 0. The SMILES string of the molecule is N#Cc1cc(Cl)cc(CS)c1. The second-order valence-corrected chi connectivity index (χ2v) is 2.87. The Balaban J connectivity index is 3.15. The van der Waals surface area contributed by atoms with E-state index in [4.69, 9.17) is 16.9 Å². The van der Waals surface area contributed by atoms with E-state index in [-0.39, 0.29) is 0 Å². The Morgan fingerprint density at radius 2 is 2.18 bits per heavy atom. The Morgan fingerprint density at radius 3 is 2.73 bits per heavy atom. The van der Waals surface area contributed by atoms with Gasteiger partial charge in [-0.3, -0.25) is 0 Å². The summed E-state index contributed by atoms with van der Waals surface area (Å²) >= 11 is 9.80. The molecule has 0 bridgehead atoms. The molecule has 0 aliphatic rings. The smallest absolute Gasteiger partial charge is 0.0992 e. The van der Waals surface area contributed by atoms with E-state index in [0.29, 0.717) is 16.3 Å². The molecule has 1 rings (SSSR count). The predicted octanol–water partition coefficient (Wildman–Crippen LogP) is 2.64. The molecule has 0 heterocycles. The molecule has 0 spiro atoms. The van der Waals surface area contributed by atoms with Crippen molar-refractivity contribution in [1.29, 1.82) is 5.26 Å². The molecule has 0 saturated carbocycles. The van der Waals surface area contributed by atoms with Crippen LogP contribution in [-0.4, -0.2) is 0 Å². The van der Waals surface area contributed by atoms with Crippen molar-refractivity contribution in [2.24, 2.45) is 0 Å². The molecule has 3 heteroatoms. The molecule has 0 N–H and O–H groups in total. The minimum atomic E-state index is 0.585. The maximum absolute atomic E-state index is 8.55. The maximum Gasteiger partial charge on any atom is 0.0992 e. The average Bonchev–Trinajstić information content (AvgIpc) is 2.03. The van der Waals surface area contributed by atoms with Gasteiger partial charge in [0.05, 0.1) is 11.6 Å². The largest absolute Gasteiger partial charge is 0.192 e. The van der Waals surface area contributed by atoms with Crippen LogP contribution in [0, 0.1) is 11.3 Å². The highest BCUT2D eigenvalue weighted by atomic mass is 35.5. The highest BCUT2D eigenvalue weighted by molar-refractivity contribution is 7.79. The van der Waals surface area contributed by atoms with Gasteiger partial charge in [-0.1, -0.05) is 11.6 Å². The van der Waals surface area contributed by atoms with Crippen LogP contribution in [-0.2, 0) is 5.75 Å². The molecule has 0 unspecified atom stereocenters. The summed E-state index contributed by atoms with van der Waals surface area (Å²) in [7, 11) is 0. The first-order valence-electron chi connectivity index (χ1n) is 3.06. The van der Waals surface area contributed by atoms with E-state index >= 15 is 0 Å². The van der Waals surface area contributed by atoms with E-state index in [1.54, 1.807) is 18.2 Å². The van der Waals surface area contributed by atoms with E-state index in [1.807, 2.05) is 6.07 Å². The first kappa shape index (κ1) is 8.45. The predicted molar refractivity (Wildman–Crippen MR) is 48.9 cm³/mol. The fraction of sp³-hybridized carbons (Fsp3) is 0.125. The molecular formula is C8H6ClNS. The first-order chi connectivity index (χ1) is 5.26. The molecule has 0 aromatic heterocycles. The molecule has 0 atom stereocenters. The van der Waals surface area contributed by atoms with Gasteiger partial charge in [0.15, 0.2) is 0 Å². The van der Waals surface area contributed by atoms with Crippen LogP contribution >= 0.6 is 24.2 Å². The van der Waals surface area contributed by atoms with Crippen LogP contribution < -0.4 is 0 Å². The number of hydrogen-bond acceptors (Lipinski definition) is 2. The Hall–Kier alpha value is -0.650. The van der Waals surface area contributed by atoms with E-state index in [2.05, 4.69) is 12.6 Å². The Morgan fingerprint density at radius 1 is 1.45 bits per heavy atom. The number of thiol groups is 1. The molecule has 1 nitrogen and oxygen atoms in total. The third-order valence-corrected chi connectivity index (χ3v) is 1.85. The van der Waals surface area contributed by atoms with Gasteiger partial charge in [-0.15, -0.1) is 0 Å². The number of nitriles is 1. The lowest BCUT2D eigenvalue weighted by Crippen LogP contribution is -1.80. The Kier molecular flexibility index (Phi) is 2.81. The van der Waals surface area contributed by atoms with Crippen LogP contribution in [0.3, 0.4) is 0 Å². The van der Waals surface area contributed by atoms with Gasteiger partial charge >= 0.3 is 0 Å².